The van der Waals surface area contributed by atoms with E-state index in [4.69, 9.17) is 0 Å². The summed E-state index contributed by atoms with van der Waals surface area (Å²) in [5.74, 6) is -1.17. The Morgan fingerprint density at radius 1 is 1.45 bits per heavy atom. The summed E-state index contributed by atoms with van der Waals surface area (Å²) in [4.78, 5) is 21.3. The fourth-order valence-corrected chi connectivity index (χ4v) is 3.13. The van der Waals surface area contributed by atoms with Crippen molar-refractivity contribution in [3.63, 3.8) is 0 Å². The van der Waals surface area contributed by atoms with Crippen molar-refractivity contribution in [3.8, 4) is 0 Å². The summed E-state index contributed by atoms with van der Waals surface area (Å²) in [6.07, 6.45) is 2.74. The highest BCUT2D eigenvalue weighted by Crippen LogP contribution is 2.28. The van der Waals surface area contributed by atoms with E-state index in [1.165, 1.54) is 17.4 Å². The molecule has 1 aliphatic rings. The molecule has 0 aromatic carbocycles. The molecule has 3 rings (SSSR count). The fraction of sp³-hybridized carbons (Fsp3) is 0.400. The SMILES string of the molecule is O=C1CC(CS(=O)(=O)F)CN1c1ncnc2[nH]ncc12. The minimum atomic E-state index is -4.60. The molecular weight excluding hydrogens is 289 g/mol. The van der Waals surface area contributed by atoms with Crippen LogP contribution < -0.4 is 4.90 Å². The first-order valence-electron chi connectivity index (χ1n) is 5.81. The first kappa shape index (κ1) is 12.9. The second-order valence-electron chi connectivity index (χ2n) is 4.61. The number of anilines is 1. The third-order valence-corrected chi connectivity index (χ3v) is 3.99. The number of nitrogens with one attached hydrogen (secondary N) is 1. The number of hydrogen-bond acceptors (Lipinski definition) is 6. The van der Waals surface area contributed by atoms with Crippen LogP contribution in [-0.4, -0.2) is 46.8 Å². The average molecular weight is 299 g/mol. The second-order valence-corrected chi connectivity index (χ2v) is 6.02. The molecule has 1 saturated heterocycles. The number of hydrogen-bond donors (Lipinski definition) is 1. The summed E-state index contributed by atoms with van der Waals surface area (Å²) >= 11 is 0. The van der Waals surface area contributed by atoms with Gasteiger partial charge in [0.1, 0.15) is 12.1 Å². The van der Waals surface area contributed by atoms with Crippen LogP contribution in [0.5, 0.6) is 0 Å². The van der Waals surface area contributed by atoms with Crippen LogP contribution in [0.3, 0.4) is 0 Å². The standard InChI is InChI=1S/C10H10FN5O3S/c11-20(18,19)4-6-1-8(17)16(3-6)10-7-2-14-15-9(7)12-5-13-10/h2,5-6H,1,3-4H2,(H,12,13,14,15). The molecule has 10 heteroatoms. The van der Waals surface area contributed by atoms with E-state index >= 15 is 0 Å². The number of rotatable bonds is 3. The number of aromatic nitrogens is 4. The van der Waals surface area contributed by atoms with E-state index in [1.54, 1.807) is 0 Å². The number of aromatic amines is 1. The van der Waals surface area contributed by atoms with Gasteiger partial charge in [0.2, 0.25) is 5.91 Å². The van der Waals surface area contributed by atoms with Crippen molar-refractivity contribution in [2.24, 2.45) is 5.92 Å². The lowest BCUT2D eigenvalue weighted by atomic mass is 10.1. The van der Waals surface area contributed by atoms with Crippen LogP contribution in [0.15, 0.2) is 12.5 Å². The molecule has 20 heavy (non-hydrogen) atoms. The summed E-state index contributed by atoms with van der Waals surface area (Å²) in [6.45, 7) is 0.110. The summed E-state index contributed by atoms with van der Waals surface area (Å²) in [5, 5.41) is 7.03. The molecular formula is C10H10FN5O3S. The number of fused-ring (bicyclic) bond motifs is 1. The smallest absolute Gasteiger partial charge is 0.296 e. The molecule has 1 unspecified atom stereocenters. The van der Waals surface area contributed by atoms with Crippen molar-refractivity contribution in [1.82, 2.24) is 20.2 Å². The molecule has 106 valence electrons. The zero-order valence-corrected chi connectivity index (χ0v) is 11.0. The van der Waals surface area contributed by atoms with Gasteiger partial charge < -0.3 is 0 Å². The molecule has 2 aromatic heterocycles. The van der Waals surface area contributed by atoms with Crippen LogP contribution in [0.25, 0.3) is 11.0 Å². The lowest BCUT2D eigenvalue weighted by molar-refractivity contribution is -0.117. The monoisotopic (exact) mass is 299 g/mol. The van der Waals surface area contributed by atoms with Gasteiger partial charge in [-0.2, -0.15) is 13.5 Å². The average Bonchev–Trinajstić information content (AvgIpc) is 2.93. The maximum Gasteiger partial charge on any atom is 0.302 e. The van der Waals surface area contributed by atoms with E-state index in [1.807, 2.05) is 0 Å². The Morgan fingerprint density at radius 2 is 2.25 bits per heavy atom. The molecule has 0 bridgehead atoms. The Kier molecular flexibility index (Phi) is 2.89. The number of H-pyrrole nitrogens is 1. The van der Waals surface area contributed by atoms with Gasteiger partial charge in [-0.15, -0.1) is 3.89 Å². The maximum atomic E-state index is 12.7. The van der Waals surface area contributed by atoms with Crippen LogP contribution in [0.1, 0.15) is 6.42 Å². The van der Waals surface area contributed by atoms with Gasteiger partial charge in [-0.05, 0) is 0 Å². The number of nitrogens with zero attached hydrogens (tertiary/aromatic N) is 4. The van der Waals surface area contributed by atoms with E-state index < -0.39 is 21.9 Å². The van der Waals surface area contributed by atoms with Gasteiger partial charge in [0.05, 0.1) is 17.3 Å². The predicted octanol–water partition coefficient (Wildman–Crippen LogP) is 0.00510. The van der Waals surface area contributed by atoms with Crippen LogP contribution in [-0.2, 0) is 15.0 Å². The Bertz CT molecular complexity index is 774. The highest BCUT2D eigenvalue weighted by atomic mass is 32.3. The number of halogens is 1. The molecule has 1 atom stereocenters. The van der Waals surface area contributed by atoms with Crippen LogP contribution in [0.4, 0.5) is 9.70 Å². The minimum absolute atomic E-state index is 0.0213. The molecule has 1 N–H and O–H groups in total. The molecule has 1 amide bonds. The third kappa shape index (κ3) is 2.33. The van der Waals surface area contributed by atoms with Crippen molar-refractivity contribution in [2.75, 3.05) is 17.2 Å². The Morgan fingerprint density at radius 3 is 3.00 bits per heavy atom. The van der Waals surface area contributed by atoms with Gasteiger partial charge in [-0.1, -0.05) is 0 Å². The van der Waals surface area contributed by atoms with Crippen molar-refractivity contribution in [3.05, 3.63) is 12.5 Å². The molecule has 8 nitrogen and oxygen atoms in total. The fourth-order valence-electron chi connectivity index (χ4n) is 2.35. The number of carbonyl (C=O) groups excluding carboxylic acids is 1. The van der Waals surface area contributed by atoms with Crippen molar-refractivity contribution in [2.45, 2.75) is 6.42 Å². The first-order chi connectivity index (χ1) is 9.44. The Labute approximate surface area is 113 Å². The first-order valence-corrected chi connectivity index (χ1v) is 7.36. The lowest BCUT2D eigenvalue weighted by Gasteiger charge is -2.15. The van der Waals surface area contributed by atoms with Gasteiger partial charge in [-0.25, -0.2) is 9.97 Å². The van der Waals surface area contributed by atoms with Crippen molar-refractivity contribution < 1.29 is 17.1 Å². The van der Waals surface area contributed by atoms with Gasteiger partial charge in [0.15, 0.2) is 5.65 Å². The number of amides is 1. The van der Waals surface area contributed by atoms with Gasteiger partial charge >= 0.3 is 10.2 Å². The highest BCUT2D eigenvalue weighted by molar-refractivity contribution is 7.86. The molecule has 2 aromatic rings. The largest absolute Gasteiger partial charge is 0.302 e. The van der Waals surface area contributed by atoms with Crippen molar-refractivity contribution >= 4 is 33.0 Å². The normalized spacial score (nSPS) is 19.9. The molecule has 1 aliphatic heterocycles. The van der Waals surface area contributed by atoms with E-state index in [-0.39, 0.29) is 18.9 Å². The van der Waals surface area contributed by atoms with Gasteiger partial charge in [0.25, 0.3) is 0 Å². The van der Waals surface area contributed by atoms with Crippen molar-refractivity contribution in [1.29, 1.82) is 0 Å². The van der Waals surface area contributed by atoms with E-state index in [0.717, 1.165) is 0 Å². The molecule has 0 saturated carbocycles. The summed E-state index contributed by atoms with van der Waals surface area (Å²) in [5.41, 5.74) is 0.476. The van der Waals surface area contributed by atoms with Crippen LogP contribution in [0.2, 0.25) is 0 Å². The minimum Gasteiger partial charge on any atom is -0.296 e. The summed E-state index contributed by atoms with van der Waals surface area (Å²) < 4.78 is 34.0. The molecule has 1 fully saturated rings. The van der Waals surface area contributed by atoms with Gasteiger partial charge in [0, 0.05) is 18.9 Å². The van der Waals surface area contributed by atoms with Gasteiger partial charge in [-0.3, -0.25) is 14.8 Å². The summed E-state index contributed by atoms with van der Waals surface area (Å²) in [7, 11) is -4.60. The van der Waals surface area contributed by atoms with E-state index in [9.17, 15) is 17.1 Å². The zero-order valence-electron chi connectivity index (χ0n) is 10.2. The second kappa shape index (κ2) is 4.47. The zero-order chi connectivity index (χ0) is 14.3. The quantitative estimate of drug-likeness (QED) is 0.799. The highest BCUT2D eigenvalue weighted by Gasteiger charge is 2.35. The lowest BCUT2D eigenvalue weighted by Crippen LogP contribution is -2.26. The topological polar surface area (TPSA) is 109 Å². The molecule has 0 spiro atoms. The van der Waals surface area contributed by atoms with E-state index in [2.05, 4.69) is 20.2 Å². The number of carbonyl (C=O) groups is 1. The Balaban J connectivity index is 1.91. The molecule has 0 aliphatic carbocycles. The van der Waals surface area contributed by atoms with Crippen LogP contribution >= 0.6 is 0 Å². The molecule has 0 radical (unpaired) electrons. The molecule has 3 heterocycles. The maximum absolute atomic E-state index is 12.7. The third-order valence-electron chi connectivity index (χ3n) is 3.12. The summed E-state index contributed by atoms with van der Waals surface area (Å²) in [6, 6.07) is 0. The van der Waals surface area contributed by atoms with E-state index in [0.29, 0.717) is 16.9 Å². The van der Waals surface area contributed by atoms with Crippen LogP contribution in [0, 0.1) is 5.92 Å². The Hall–Kier alpha value is -2.10. The predicted molar refractivity (Wildman–Crippen MR) is 67.0 cm³/mol.